The Labute approximate surface area is 127 Å². The second-order valence-electron chi connectivity index (χ2n) is 3.20. The molecule has 9 heteroatoms. The normalized spacial score (nSPS) is 11.1. The van der Waals surface area contributed by atoms with Crippen LogP contribution < -0.4 is 10.0 Å². The third-order valence-electron chi connectivity index (χ3n) is 1.90. The third kappa shape index (κ3) is 4.74. The van der Waals surface area contributed by atoms with Crippen molar-refractivity contribution < 1.29 is 8.42 Å². The number of hydrogen-bond acceptors (Lipinski definition) is 3. The van der Waals surface area contributed by atoms with Crippen molar-refractivity contribution in [2.24, 2.45) is 0 Å². The molecule has 0 aliphatic rings. The fourth-order valence-corrected chi connectivity index (χ4v) is 3.74. The zero-order valence-corrected chi connectivity index (χ0v) is 13.2. The lowest BCUT2D eigenvalue weighted by atomic mass is 10.4. The molecule has 0 saturated carbocycles. The molecule has 0 spiro atoms. The van der Waals surface area contributed by atoms with Crippen molar-refractivity contribution in [1.29, 1.82) is 0 Å². The number of hydrogen-bond donors (Lipinski definition) is 2. The van der Waals surface area contributed by atoms with Gasteiger partial charge >= 0.3 is 0 Å². The van der Waals surface area contributed by atoms with Crippen molar-refractivity contribution in [3.05, 3.63) is 27.2 Å². The molecule has 104 valence electrons. The van der Waals surface area contributed by atoms with E-state index < -0.39 is 10.0 Å². The van der Waals surface area contributed by atoms with E-state index in [0.717, 1.165) is 0 Å². The molecule has 0 aliphatic carbocycles. The summed E-state index contributed by atoms with van der Waals surface area (Å²) in [6.45, 7) is 0.746. The highest BCUT2D eigenvalue weighted by atomic mass is 35.5. The van der Waals surface area contributed by atoms with Gasteiger partial charge in [0, 0.05) is 18.1 Å². The Bertz CT molecular complexity index is 484. The lowest BCUT2D eigenvalue weighted by Crippen LogP contribution is -2.30. The van der Waals surface area contributed by atoms with Gasteiger partial charge in [-0.15, -0.1) is 12.4 Å². The van der Waals surface area contributed by atoms with Crippen molar-refractivity contribution in [3.8, 4) is 0 Å². The van der Waals surface area contributed by atoms with E-state index >= 15 is 0 Å². The molecule has 0 aromatic heterocycles. The molecule has 0 bridgehead atoms. The van der Waals surface area contributed by atoms with Crippen LogP contribution in [-0.2, 0) is 10.0 Å². The SMILES string of the molecule is CNCCNS(=O)(=O)c1c(Cl)cc(Cl)cc1Cl.Cl. The number of halogens is 4. The van der Waals surface area contributed by atoms with Gasteiger partial charge < -0.3 is 5.32 Å². The summed E-state index contributed by atoms with van der Waals surface area (Å²) >= 11 is 17.4. The first-order valence-electron chi connectivity index (χ1n) is 4.67. The van der Waals surface area contributed by atoms with Crippen molar-refractivity contribution >= 4 is 57.2 Å². The van der Waals surface area contributed by atoms with Crippen molar-refractivity contribution in [2.45, 2.75) is 4.90 Å². The fraction of sp³-hybridized carbons (Fsp3) is 0.333. The molecule has 0 aliphatic heterocycles. The Hall–Kier alpha value is 0.250. The highest BCUT2D eigenvalue weighted by Gasteiger charge is 2.21. The predicted octanol–water partition coefficient (Wildman–Crippen LogP) is 2.57. The van der Waals surface area contributed by atoms with Crippen molar-refractivity contribution in [3.63, 3.8) is 0 Å². The van der Waals surface area contributed by atoms with E-state index in [0.29, 0.717) is 6.54 Å². The van der Waals surface area contributed by atoms with Gasteiger partial charge in [-0.25, -0.2) is 13.1 Å². The molecular formula is C9H12Cl4N2O2S. The topological polar surface area (TPSA) is 58.2 Å². The van der Waals surface area contributed by atoms with Gasteiger partial charge in [-0.3, -0.25) is 0 Å². The van der Waals surface area contributed by atoms with Crippen LogP contribution in [0.25, 0.3) is 0 Å². The molecule has 4 nitrogen and oxygen atoms in total. The van der Waals surface area contributed by atoms with Gasteiger partial charge in [-0.05, 0) is 19.2 Å². The summed E-state index contributed by atoms with van der Waals surface area (Å²) < 4.78 is 26.2. The zero-order valence-electron chi connectivity index (χ0n) is 9.34. The van der Waals surface area contributed by atoms with E-state index in [1.54, 1.807) is 7.05 Å². The largest absolute Gasteiger partial charge is 0.318 e. The van der Waals surface area contributed by atoms with Crippen LogP contribution in [0.15, 0.2) is 17.0 Å². The van der Waals surface area contributed by atoms with Gasteiger partial charge in [0.05, 0.1) is 10.0 Å². The Balaban J connectivity index is 0.00000289. The number of benzene rings is 1. The Morgan fingerprint density at radius 2 is 1.61 bits per heavy atom. The van der Waals surface area contributed by atoms with Crippen LogP contribution in [0.4, 0.5) is 0 Å². The smallest absolute Gasteiger partial charge is 0.243 e. The summed E-state index contributed by atoms with van der Waals surface area (Å²) in [5.74, 6) is 0. The highest BCUT2D eigenvalue weighted by molar-refractivity contribution is 7.89. The van der Waals surface area contributed by atoms with Crippen LogP contribution in [0.1, 0.15) is 0 Å². The number of likely N-dealkylation sites (N-methyl/N-ethyl adjacent to an activating group) is 1. The zero-order chi connectivity index (χ0) is 13.1. The second-order valence-corrected chi connectivity index (χ2v) is 6.15. The third-order valence-corrected chi connectivity index (χ3v) is 4.50. The van der Waals surface area contributed by atoms with E-state index in [-0.39, 0.29) is 38.9 Å². The van der Waals surface area contributed by atoms with Crippen molar-refractivity contribution in [2.75, 3.05) is 20.1 Å². The average Bonchev–Trinajstić information content (AvgIpc) is 2.15. The molecule has 1 aromatic carbocycles. The van der Waals surface area contributed by atoms with Gasteiger partial charge in [0.15, 0.2) is 0 Å². The van der Waals surface area contributed by atoms with Gasteiger partial charge in [-0.1, -0.05) is 34.8 Å². The summed E-state index contributed by atoms with van der Waals surface area (Å²) in [7, 11) is -2.00. The number of sulfonamides is 1. The molecule has 1 rings (SSSR count). The van der Waals surface area contributed by atoms with Crippen LogP contribution in [0.2, 0.25) is 15.1 Å². The molecule has 0 saturated heterocycles. The predicted molar refractivity (Wildman–Crippen MR) is 77.8 cm³/mol. The summed E-state index contributed by atoms with van der Waals surface area (Å²) in [6.07, 6.45) is 0. The van der Waals surface area contributed by atoms with Crippen LogP contribution in [0, 0.1) is 0 Å². The van der Waals surface area contributed by atoms with E-state index in [1.165, 1.54) is 12.1 Å². The van der Waals surface area contributed by atoms with Gasteiger partial charge in [-0.2, -0.15) is 0 Å². The molecule has 0 radical (unpaired) electrons. The molecule has 0 amide bonds. The monoisotopic (exact) mass is 352 g/mol. The second kappa shape index (κ2) is 7.75. The lowest BCUT2D eigenvalue weighted by Gasteiger charge is -2.10. The molecule has 0 fully saturated rings. The Morgan fingerprint density at radius 1 is 1.11 bits per heavy atom. The summed E-state index contributed by atoms with van der Waals surface area (Å²) in [5.41, 5.74) is 0. The average molecular weight is 354 g/mol. The molecule has 1 aromatic rings. The van der Waals surface area contributed by atoms with E-state index in [4.69, 9.17) is 34.8 Å². The lowest BCUT2D eigenvalue weighted by molar-refractivity contribution is 0.579. The maximum Gasteiger partial charge on any atom is 0.243 e. The summed E-state index contributed by atoms with van der Waals surface area (Å²) in [4.78, 5) is -0.152. The van der Waals surface area contributed by atoms with Crippen LogP contribution in [0.3, 0.4) is 0 Å². The molecule has 0 atom stereocenters. The minimum Gasteiger partial charge on any atom is -0.318 e. The molecular weight excluding hydrogens is 342 g/mol. The summed E-state index contributed by atoms with van der Waals surface area (Å²) in [6, 6.07) is 2.67. The first-order chi connectivity index (χ1) is 7.88. The quantitative estimate of drug-likeness (QED) is 0.800. The van der Waals surface area contributed by atoms with Gasteiger partial charge in [0.2, 0.25) is 10.0 Å². The minimum absolute atomic E-state index is 0. The molecule has 18 heavy (non-hydrogen) atoms. The first kappa shape index (κ1) is 18.2. The highest BCUT2D eigenvalue weighted by Crippen LogP contribution is 2.32. The first-order valence-corrected chi connectivity index (χ1v) is 7.29. The van der Waals surface area contributed by atoms with Gasteiger partial charge in [0.1, 0.15) is 4.90 Å². The maximum atomic E-state index is 11.9. The van der Waals surface area contributed by atoms with Crippen LogP contribution in [0.5, 0.6) is 0 Å². The van der Waals surface area contributed by atoms with Crippen molar-refractivity contribution in [1.82, 2.24) is 10.0 Å². The van der Waals surface area contributed by atoms with E-state index in [9.17, 15) is 8.42 Å². The molecule has 0 unspecified atom stereocenters. The Morgan fingerprint density at radius 3 is 2.06 bits per heavy atom. The standard InChI is InChI=1S/C9H11Cl3N2O2S.ClH/c1-13-2-3-14-17(15,16)9-7(11)4-6(10)5-8(9)12;/h4-5,13-14H,2-3H2,1H3;1H. The van der Waals surface area contributed by atoms with Crippen LogP contribution in [-0.4, -0.2) is 28.6 Å². The molecule has 2 N–H and O–H groups in total. The Kier molecular flexibility index (Phi) is 7.85. The minimum atomic E-state index is -3.72. The number of rotatable bonds is 5. The molecule has 0 heterocycles. The van der Waals surface area contributed by atoms with E-state index in [2.05, 4.69) is 10.0 Å². The number of nitrogens with one attached hydrogen (secondary N) is 2. The van der Waals surface area contributed by atoms with Crippen LogP contribution >= 0.6 is 47.2 Å². The van der Waals surface area contributed by atoms with Gasteiger partial charge in [0.25, 0.3) is 0 Å². The fourth-order valence-electron chi connectivity index (χ4n) is 1.17. The summed E-state index contributed by atoms with van der Waals surface area (Å²) in [5, 5.41) is 3.10. The maximum absolute atomic E-state index is 11.9. The van der Waals surface area contributed by atoms with E-state index in [1.807, 2.05) is 0 Å².